The fraction of sp³-hybridized carbons (Fsp3) is 0.571. The molecule has 0 aromatic heterocycles. The maximum absolute atomic E-state index is 6.22. The van der Waals surface area contributed by atoms with Gasteiger partial charge >= 0.3 is 0 Å². The number of rotatable bonds is 1. The molecule has 1 aromatic carbocycles. The van der Waals surface area contributed by atoms with E-state index in [1.807, 2.05) is 0 Å². The van der Waals surface area contributed by atoms with E-state index in [1.54, 1.807) is 0 Å². The molecule has 1 aromatic rings. The van der Waals surface area contributed by atoms with Gasteiger partial charge in [-0.1, -0.05) is 24.3 Å². The minimum Gasteiger partial charge on any atom is -0.376 e. The monoisotopic (exact) mass is 232 g/mol. The first-order valence-electron chi connectivity index (χ1n) is 6.46. The average Bonchev–Trinajstić information content (AvgIpc) is 2.68. The fourth-order valence-corrected chi connectivity index (χ4v) is 3.12. The minimum atomic E-state index is 0.203. The van der Waals surface area contributed by atoms with Crippen molar-refractivity contribution in [3.8, 4) is 0 Å². The van der Waals surface area contributed by atoms with Gasteiger partial charge in [0.1, 0.15) is 0 Å². The summed E-state index contributed by atoms with van der Waals surface area (Å²) in [5.41, 5.74) is 8.98. The molecule has 3 heteroatoms. The van der Waals surface area contributed by atoms with Gasteiger partial charge in [-0.25, -0.2) is 0 Å². The van der Waals surface area contributed by atoms with Crippen LogP contribution in [0.3, 0.4) is 0 Å². The summed E-state index contributed by atoms with van der Waals surface area (Å²) >= 11 is 0. The third-order valence-electron chi connectivity index (χ3n) is 3.94. The van der Waals surface area contributed by atoms with E-state index in [-0.39, 0.29) is 6.04 Å². The van der Waals surface area contributed by atoms with Crippen LogP contribution in [0.4, 0.5) is 0 Å². The maximum Gasteiger partial charge on any atom is 0.0674 e. The molecule has 2 aliphatic rings. The molecule has 1 fully saturated rings. The molecule has 3 atom stereocenters. The number of fused-ring (bicyclic) bond motifs is 1. The fourth-order valence-electron chi connectivity index (χ4n) is 3.12. The summed E-state index contributed by atoms with van der Waals surface area (Å²) in [6.07, 6.45) is 1.39. The first kappa shape index (κ1) is 11.2. The van der Waals surface area contributed by atoms with Crippen molar-refractivity contribution in [1.82, 2.24) is 4.90 Å². The van der Waals surface area contributed by atoms with Crippen molar-refractivity contribution in [2.24, 2.45) is 5.73 Å². The molecule has 0 spiro atoms. The summed E-state index contributed by atoms with van der Waals surface area (Å²) < 4.78 is 5.61. The van der Waals surface area contributed by atoms with Crippen LogP contribution in [-0.4, -0.2) is 30.7 Å². The Morgan fingerprint density at radius 3 is 2.82 bits per heavy atom. The number of morpholine rings is 1. The van der Waals surface area contributed by atoms with Crippen LogP contribution >= 0.6 is 0 Å². The summed E-state index contributed by atoms with van der Waals surface area (Å²) in [4.78, 5) is 2.53. The highest BCUT2D eigenvalue weighted by atomic mass is 16.5. The molecule has 3 unspecified atom stereocenters. The molecule has 0 radical (unpaired) electrons. The van der Waals surface area contributed by atoms with Crippen molar-refractivity contribution in [3.63, 3.8) is 0 Å². The zero-order valence-corrected chi connectivity index (χ0v) is 10.3. The lowest BCUT2D eigenvalue weighted by Crippen LogP contribution is -2.42. The number of hydrogen-bond acceptors (Lipinski definition) is 3. The van der Waals surface area contributed by atoms with Gasteiger partial charge in [0.15, 0.2) is 0 Å². The first-order chi connectivity index (χ1) is 8.25. The van der Waals surface area contributed by atoms with Crippen LogP contribution in [-0.2, 0) is 4.74 Å². The number of nitrogens with zero attached hydrogens (tertiary/aromatic N) is 1. The smallest absolute Gasteiger partial charge is 0.0674 e. The molecule has 92 valence electrons. The van der Waals surface area contributed by atoms with Gasteiger partial charge < -0.3 is 10.5 Å². The normalized spacial score (nSPS) is 33.6. The summed E-state index contributed by atoms with van der Waals surface area (Å²) in [5, 5.41) is 0. The average molecular weight is 232 g/mol. The molecule has 3 nitrogen and oxygen atoms in total. The van der Waals surface area contributed by atoms with Gasteiger partial charge in [-0.05, 0) is 24.5 Å². The van der Waals surface area contributed by atoms with Crippen LogP contribution in [0.25, 0.3) is 0 Å². The van der Waals surface area contributed by atoms with Crippen LogP contribution in [0, 0.1) is 0 Å². The molecule has 1 aliphatic carbocycles. The predicted octanol–water partition coefficient (Wildman–Crippen LogP) is 1.85. The van der Waals surface area contributed by atoms with Crippen LogP contribution < -0.4 is 5.73 Å². The lowest BCUT2D eigenvalue weighted by atomic mass is 10.1. The van der Waals surface area contributed by atoms with Crippen LogP contribution in [0.1, 0.15) is 36.6 Å². The van der Waals surface area contributed by atoms with E-state index in [0.717, 1.165) is 26.1 Å². The number of benzene rings is 1. The Balaban J connectivity index is 1.85. The Labute approximate surface area is 103 Å². The number of hydrogen-bond donors (Lipinski definition) is 1. The second-order valence-corrected chi connectivity index (χ2v) is 5.16. The van der Waals surface area contributed by atoms with Crippen LogP contribution in [0.2, 0.25) is 0 Å². The number of nitrogens with two attached hydrogens (primary N) is 1. The van der Waals surface area contributed by atoms with E-state index < -0.39 is 0 Å². The highest BCUT2D eigenvalue weighted by Gasteiger charge is 2.34. The Kier molecular flexibility index (Phi) is 2.90. The SMILES string of the molecule is CC1CN(C2CC(N)c3ccccc32)CCO1. The quantitative estimate of drug-likeness (QED) is 0.803. The summed E-state index contributed by atoms with van der Waals surface area (Å²) in [6, 6.07) is 9.30. The van der Waals surface area contributed by atoms with Gasteiger partial charge in [-0.2, -0.15) is 0 Å². The van der Waals surface area contributed by atoms with Crippen molar-refractivity contribution in [2.45, 2.75) is 31.5 Å². The zero-order chi connectivity index (χ0) is 11.8. The van der Waals surface area contributed by atoms with Gasteiger partial charge in [0, 0.05) is 25.2 Å². The van der Waals surface area contributed by atoms with Crippen LogP contribution in [0.15, 0.2) is 24.3 Å². The minimum absolute atomic E-state index is 0.203. The molecule has 1 saturated heterocycles. The van der Waals surface area contributed by atoms with E-state index in [4.69, 9.17) is 10.5 Å². The molecule has 0 saturated carbocycles. The summed E-state index contributed by atoms with van der Waals surface area (Å²) in [7, 11) is 0. The molecular formula is C14H20N2O. The second kappa shape index (κ2) is 4.41. The van der Waals surface area contributed by atoms with Crippen molar-refractivity contribution in [1.29, 1.82) is 0 Å². The Bertz CT molecular complexity index is 407. The van der Waals surface area contributed by atoms with Gasteiger partial charge in [0.05, 0.1) is 12.7 Å². The van der Waals surface area contributed by atoms with Crippen molar-refractivity contribution < 1.29 is 4.74 Å². The van der Waals surface area contributed by atoms with Gasteiger partial charge in [-0.3, -0.25) is 4.90 Å². The molecule has 2 N–H and O–H groups in total. The van der Waals surface area contributed by atoms with E-state index in [0.29, 0.717) is 12.1 Å². The highest BCUT2D eigenvalue weighted by Crippen LogP contribution is 2.41. The topological polar surface area (TPSA) is 38.5 Å². The molecule has 17 heavy (non-hydrogen) atoms. The maximum atomic E-state index is 6.22. The molecule has 0 bridgehead atoms. The standard InChI is InChI=1S/C14H20N2O/c1-10-9-16(6-7-17-10)14-8-13(15)11-4-2-3-5-12(11)14/h2-5,10,13-14H,6-9,15H2,1H3. The first-order valence-corrected chi connectivity index (χ1v) is 6.46. The Hall–Kier alpha value is -0.900. The van der Waals surface area contributed by atoms with Crippen LogP contribution in [0.5, 0.6) is 0 Å². The third-order valence-corrected chi connectivity index (χ3v) is 3.94. The Morgan fingerprint density at radius 2 is 2.06 bits per heavy atom. The number of ether oxygens (including phenoxy) is 1. The van der Waals surface area contributed by atoms with Gasteiger partial charge in [0.2, 0.25) is 0 Å². The predicted molar refractivity (Wildman–Crippen MR) is 67.7 cm³/mol. The van der Waals surface area contributed by atoms with E-state index in [9.17, 15) is 0 Å². The lowest BCUT2D eigenvalue weighted by Gasteiger charge is -2.36. The van der Waals surface area contributed by atoms with E-state index in [1.165, 1.54) is 11.1 Å². The van der Waals surface area contributed by atoms with Crippen molar-refractivity contribution >= 4 is 0 Å². The molecule has 3 rings (SSSR count). The van der Waals surface area contributed by atoms with Gasteiger partial charge in [-0.15, -0.1) is 0 Å². The van der Waals surface area contributed by atoms with Crippen molar-refractivity contribution in [3.05, 3.63) is 35.4 Å². The van der Waals surface area contributed by atoms with E-state index >= 15 is 0 Å². The molecule has 0 amide bonds. The molecular weight excluding hydrogens is 212 g/mol. The largest absolute Gasteiger partial charge is 0.376 e. The van der Waals surface area contributed by atoms with Crippen molar-refractivity contribution in [2.75, 3.05) is 19.7 Å². The van der Waals surface area contributed by atoms with Gasteiger partial charge in [0.25, 0.3) is 0 Å². The highest BCUT2D eigenvalue weighted by molar-refractivity contribution is 5.37. The second-order valence-electron chi connectivity index (χ2n) is 5.16. The lowest BCUT2D eigenvalue weighted by molar-refractivity contribution is -0.0349. The molecule has 1 heterocycles. The molecule has 1 aliphatic heterocycles. The summed E-state index contributed by atoms with van der Waals surface area (Å²) in [5.74, 6) is 0. The third kappa shape index (κ3) is 1.99. The zero-order valence-electron chi connectivity index (χ0n) is 10.3. The summed E-state index contributed by atoms with van der Waals surface area (Å²) in [6.45, 7) is 5.03. The Morgan fingerprint density at radius 1 is 1.29 bits per heavy atom. The van der Waals surface area contributed by atoms with E-state index in [2.05, 4.69) is 36.1 Å².